The van der Waals surface area contributed by atoms with Crippen LogP contribution in [0.1, 0.15) is 117 Å². The quantitative estimate of drug-likeness (QED) is 0.0551. The van der Waals surface area contributed by atoms with Gasteiger partial charge in [-0.3, -0.25) is 9.59 Å². The molecule has 2 aromatic heterocycles. The number of unbranched alkanes of at least 4 members (excludes halogenated alkanes) is 2. The molecule has 0 aliphatic heterocycles. The average Bonchev–Trinajstić information content (AvgIpc) is 3.29. The molecule has 0 bridgehead atoms. The summed E-state index contributed by atoms with van der Waals surface area (Å²) >= 11 is 6.11. The minimum atomic E-state index is -0.546. The Morgan fingerprint density at radius 3 is 1.50 bits per heavy atom. The fourth-order valence-electron chi connectivity index (χ4n) is 7.31. The van der Waals surface area contributed by atoms with Gasteiger partial charge in [0.15, 0.2) is 0 Å². The molecule has 318 valence electrons. The van der Waals surface area contributed by atoms with Gasteiger partial charge in [0.25, 0.3) is 0 Å². The maximum absolute atomic E-state index is 12.8. The number of carbonyl (C=O) groups is 2. The van der Waals surface area contributed by atoms with Crippen LogP contribution in [0.5, 0.6) is 11.5 Å². The fourth-order valence-corrected chi connectivity index (χ4v) is 7.43. The van der Waals surface area contributed by atoms with Crippen molar-refractivity contribution in [3.63, 3.8) is 0 Å². The first-order chi connectivity index (χ1) is 30.1. The van der Waals surface area contributed by atoms with Gasteiger partial charge in [-0.15, -0.1) is 0 Å². The maximum Gasteiger partial charge on any atom is 0.313 e. The summed E-state index contributed by atoms with van der Waals surface area (Å²) in [7, 11) is 0. The van der Waals surface area contributed by atoms with Crippen LogP contribution in [-0.4, -0.2) is 21.9 Å². The van der Waals surface area contributed by atoms with E-state index in [9.17, 15) is 14.9 Å². The van der Waals surface area contributed by atoms with Crippen molar-refractivity contribution >= 4 is 23.5 Å². The van der Waals surface area contributed by atoms with Crippen molar-refractivity contribution in [2.45, 2.75) is 104 Å². The summed E-state index contributed by atoms with van der Waals surface area (Å²) in [6.07, 6.45) is 6.24. The van der Waals surface area contributed by atoms with Crippen molar-refractivity contribution in [1.29, 1.82) is 5.26 Å². The van der Waals surface area contributed by atoms with Crippen molar-refractivity contribution < 1.29 is 23.8 Å². The van der Waals surface area contributed by atoms with E-state index in [1.54, 1.807) is 12.1 Å². The predicted octanol–water partition coefficient (Wildman–Crippen LogP) is 13.2. The van der Waals surface area contributed by atoms with Crippen molar-refractivity contribution in [2.24, 2.45) is 0 Å². The number of pyridine rings is 2. The van der Waals surface area contributed by atoms with Gasteiger partial charge in [-0.2, -0.15) is 5.26 Å². The topological polar surface area (TPSA) is 111 Å². The van der Waals surface area contributed by atoms with Crippen molar-refractivity contribution in [2.75, 3.05) is 0 Å². The lowest BCUT2D eigenvalue weighted by atomic mass is 10.0. The largest absolute Gasteiger partial charge is 0.484 e. The molecular weight excluding hydrogens is 794 g/mol. The van der Waals surface area contributed by atoms with Crippen LogP contribution in [0.4, 0.5) is 0 Å². The lowest BCUT2D eigenvalue weighted by molar-refractivity contribution is -0.159. The van der Waals surface area contributed by atoms with E-state index >= 15 is 0 Å². The first-order valence-electron chi connectivity index (χ1n) is 21.6. The van der Waals surface area contributed by atoms with Crippen molar-refractivity contribution in [1.82, 2.24) is 9.97 Å². The number of aromatic nitrogens is 2. The number of hydrogen-bond acceptors (Lipinski definition) is 8. The molecule has 0 aliphatic carbocycles. The summed E-state index contributed by atoms with van der Waals surface area (Å²) in [6.45, 7) is 8.30. The number of benzene rings is 4. The molecule has 4 aromatic carbocycles. The second kappa shape index (κ2) is 22.5. The highest BCUT2D eigenvalue weighted by molar-refractivity contribution is 6.30. The number of nitriles is 1. The van der Waals surface area contributed by atoms with Gasteiger partial charge in [0, 0.05) is 16.1 Å². The number of rotatable bonds is 20. The van der Waals surface area contributed by atoms with Crippen molar-refractivity contribution in [3.8, 4) is 40.1 Å². The molecule has 0 saturated carbocycles. The number of carbonyl (C=O) groups excluding carboxylic acids is 2. The zero-order chi connectivity index (χ0) is 43.8. The molecule has 6 rings (SSSR count). The molecule has 0 spiro atoms. The van der Waals surface area contributed by atoms with Crippen LogP contribution in [-0.2, 0) is 27.2 Å². The molecule has 62 heavy (non-hydrogen) atoms. The van der Waals surface area contributed by atoms with Crippen LogP contribution in [0.25, 0.3) is 22.5 Å². The summed E-state index contributed by atoms with van der Waals surface area (Å²) in [5.41, 5.74) is 9.86. The third kappa shape index (κ3) is 12.9. The van der Waals surface area contributed by atoms with Gasteiger partial charge in [0.1, 0.15) is 23.7 Å². The lowest BCUT2D eigenvalue weighted by Crippen LogP contribution is -2.14. The number of esters is 2. The molecule has 8 nitrogen and oxygen atoms in total. The molecule has 9 heteroatoms. The number of nitrogens with zero attached hydrogens (tertiary/aromatic N) is 3. The predicted molar refractivity (Wildman–Crippen MR) is 245 cm³/mol. The van der Waals surface area contributed by atoms with Gasteiger partial charge >= 0.3 is 11.9 Å². The third-order valence-electron chi connectivity index (χ3n) is 10.9. The Morgan fingerprint density at radius 2 is 1.08 bits per heavy atom. The van der Waals surface area contributed by atoms with Gasteiger partial charge in [-0.1, -0.05) is 86.8 Å². The highest BCUT2D eigenvalue weighted by Crippen LogP contribution is 2.31. The Labute approximate surface area is 370 Å². The van der Waals surface area contributed by atoms with Crippen molar-refractivity contribution in [3.05, 3.63) is 166 Å². The molecule has 2 atom stereocenters. The summed E-state index contributed by atoms with van der Waals surface area (Å²) < 4.78 is 18.3. The van der Waals surface area contributed by atoms with Crippen LogP contribution >= 0.6 is 11.6 Å². The third-order valence-corrected chi connectivity index (χ3v) is 11.2. The van der Waals surface area contributed by atoms with E-state index < -0.39 is 11.9 Å². The minimum Gasteiger partial charge on any atom is -0.484 e. The first kappa shape index (κ1) is 45.2. The van der Waals surface area contributed by atoms with Crippen LogP contribution < -0.4 is 9.47 Å². The summed E-state index contributed by atoms with van der Waals surface area (Å²) in [5, 5.41) is 9.86. The molecule has 0 N–H and O–H groups in total. The van der Waals surface area contributed by atoms with Crippen LogP contribution in [0.15, 0.2) is 121 Å². The van der Waals surface area contributed by atoms with E-state index in [0.29, 0.717) is 23.4 Å². The molecule has 2 heterocycles. The summed E-state index contributed by atoms with van der Waals surface area (Å²) in [4.78, 5) is 35.5. The van der Waals surface area contributed by atoms with Gasteiger partial charge < -0.3 is 14.2 Å². The van der Waals surface area contributed by atoms with E-state index in [2.05, 4.69) is 19.9 Å². The number of hydrogen-bond donors (Lipinski definition) is 0. The van der Waals surface area contributed by atoms with Crippen LogP contribution in [0, 0.1) is 25.2 Å². The van der Waals surface area contributed by atoms with Gasteiger partial charge in [-0.25, -0.2) is 9.97 Å². The Hall–Kier alpha value is -6.30. The molecule has 6 aromatic rings. The second-order valence-electron chi connectivity index (χ2n) is 15.6. The first-order valence-corrected chi connectivity index (χ1v) is 22.0. The Bertz CT molecular complexity index is 2480. The van der Waals surface area contributed by atoms with Crippen LogP contribution in [0.3, 0.4) is 0 Å². The molecular formula is C53H54ClN3O5. The van der Waals surface area contributed by atoms with Gasteiger partial charge in [-0.05, 0) is 147 Å². The Kier molecular flexibility index (Phi) is 16.4. The maximum atomic E-state index is 12.8. The smallest absolute Gasteiger partial charge is 0.313 e. The minimum absolute atomic E-state index is 0.0830. The second-order valence-corrected chi connectivity index (χ2v) is 16.0. The van der Waals surface area contributed by atoms with E-state index in [-0.39, 0.29) is 25.0 Å². The zero-order valence-electron chi connectivity index (χ0n) is 36.0. The number of halogens is 1. The SMILES string of the molecule is CCCC[C@H](Oc1ccc(CCC(=O)OC(=O)CCc2ccc(O[C@@H](CCCC)c3cccc(-c4ccc(C#N)cc4)n3)cc2C)c(C)c1)c1cccc(-c2ccc(Cl)cc2)n1. The van der Waals surface area contributed by atoms with E-state index in [0.717, 1.165) is 106 Å². The highest BCUT2D eigenvalue weighted by atomic mass is 35.5. The van der Waals surface area contributed by atoms with Gasteiger partial charge in [0.05, 0.1) is 47.3 Å². The monoisotopic (exact) mass is 847 g/mol. The molecule has 0 unspecified atom stereocenters. The summed E-state index contributed by atoms with van der Waals surface area (Å²) in [5.74, 6) is 0.364. The van der Waals surface area contributed by atoms with E-state index in [1.165, 1.54) is 0 Å². The molecule has 0 fully saturated rings. The summed E-state index contributed by atoms with van der Waals surface area (Å²) in [6, 6.07) is 40.9. The standard InChI is InChI=1S/C53H54ClN3O5/c1-5-7-15-50(48-13-9-11-46(56-48)41-19-17-38(35-55)18-20-41)60-44-29-23-39(36(3)33-44)25-31-52(58)62-53(59)32-26-40-24-30-45(34-37(40)4)61-51(16-8-6-2)49-14-10-12-47(57-49)42-21-27-43(54)28-22-42/h9-14,17-24,27-30,33-34,50-51H,5-8,15-16,25-26,31-32H2,1-4H3/t50-,51-/m0/s1. The zero-order valence-corrected chi connectivity index (χ0v) is 36.8. The molecule has 0 saturated heterocycles. The Morgan fingerprint density at radius 1 is 0.629 bits per heavy atom. The average molecular weight is 848 g/mol. The molecule has 0 radical (unpaired) electrons. The number of aryl methyl sites for hydroxylation is 4. The molecule has 0 aliphatic rings. The Balaban J connectivity index is 0.995. The van der Waals surface area contributed by atoms with Gasteiger partial charge in [0.2, 0.25) is 0 Å². The molecule has 0 amide bonds. The highest BCUT2D eigenvalue weighted by Gasteiger charge is 2.19. The normalized spacial score (nSPS) is 11.9. The van der Waals surface area contributed by atoms with E-state index in [4.69, 9.17) is 35.8 Å². The van der Waals surface area contributed by atoms with E-state index in [1.807, 2.05) is 123 Å². The van der Waals surface area contributed by atoms with Crippen LogP contribution in [0.2, 0.25) is 5.02 Å². The lowest BCUT2D eigenvalue weighted by Gasteiger charge is -2.20. The fraction of sp³-hybridized carbons (Fsp3) is 0.302. The number of ether oxygens (including phenoxy) is 3.